The number of hydrogen-bond acceptors (Lipinski definition) is 3. The first kappa shape index (κ1) is 13.0. The second kappa shape index (κ2) is 5.97. The van der Waals surface area contributed by atoms with Gasteiger partial charge in [0.15, 0.2) is 0 Å². The standard InChI is InChI=1S/C14H16N4O/c1-10-2-5-12(6-3-10)17-14(19)18-13-7-4-11(8-15)9-16-13/h2-7,9H,8,15H2,1H3,(H2,16,17,18,19). The van der Waals surface area contributed by atoms with E-state index in [0.717, 1.165) is 16.8 Å². The lowest BCUT2D eigenvalue weighted by atomic mass is 10.2. The van der Waals surface area contributed by atoms with Crippen LogP contribution in [0.1, 0.15) is 11.1 Å². The van der Waals surface area contributed by atoms with Crippen LogP contribution in [0.25, 0.3) is 0 Å². The number of urea groups is 1. The van der Waals surface area contributed by atoms with Crippen molar-refractivity contribution in [3.05, 3.63) is 53.7 Å². The zero-order valence-electron chi connectivity index (χ0n) is 10.7. The Morgan fingerprint density at radius 1 is 1.16 bits per heavy atom. The molecule has 5 heteroatoms. The number of carbonyl (C=O) groups is 1. The molecule has 4 N–H and O–H groups in total. The number of nitrogens with one attached hydrogen (secondary N) is 2. The number of rotatable bonds is 3. The maximum Gasteiger partial charge on any atom is 0.324 e. The van der Waals surface area contributed by atoms with Crippen LogP contribution in [0.5, 0.6) is 0 Å². The van der Waals surface area contributed by atoms with Gasteiger partial charge in [0, 0.05) is 18.4 Å². The summed E-state index contributed by atoms with van der Waals surface area (Å²) in [5.74, 6) is 0.488. The van der Waals surface area contributed by atoms with Gasteiger partial charge >= 0.3 is 6.03 Å². The van der Waals surface area contributed by atoms with Gasteiger partial charge in [-0.2, -0.15) is 0 Å². The lowest BCUT2D eigenvalue weighted by molar-refractivity contribution is 0.262. The predicted molar refractivity (Wildman–Crippen MR) is 75.9 cm³/mol. The summed E-state index contributed by atoms with van der Waals surface area (Å²) in [7, 11) is 0. The molecule has 98 valence electrons. The van der Waals surface area contributed by atoms with Crippen molar-refractivity contribution in [3.63, 3.8) is 0 Å². The topological polar surface area (TPSA) is 80.0 Å². The number of nitrogens with two attached hydrogens (primary N) is 1. The molecule has 0 aliphatic rings. The molecule has 1 heterocycles. The molecule has 0 spiro atoms. The van der Waals surface area contributed by atoms with Crippen molar-refractivity contribution in [2.45, 2.75) is 13.5 Å². The van der Waals surface area contributed by atoms with Crippen LogP contribution in [0.3, 0.4) is 0 Å². The van der Waals surface area contributed by atoms with Gasteiger partial charge in [-0.3, -0.25) is 5.32 Å². The maximum atomic E-state index is 11.7. The van der Waals surface area contributed by atoms with Crippen molar-refractivity contribution in [3.8, 4) is 0 Å². The number of carbonyl (C=O) groups excluding carboxylic acids is 1. The summed E-state index contributed by atoms with van der Waals surface area (Å²) >= 11 is 0. The van der Waals surface area contributed by atoms with E-state index in [1.54, 1.807) is 12.3 Å². The van der Waals surface area contributed by atoms with Crippen LogP contribution in [-0.4, -0.2) is 11.0 Å². The second-order valence-electron chi connectivity index (χ2n) is 4.20. The van der Waals surface area contributed by atoms with E-state index >= 15 is 0 Å². The Bertz CT molecular complexity index is 549. The van der Waals surface area contributed by atoms with E-state index in [1.165, 1.54) is 0 Å². The summed E-state index contributed by atoms with van der Waals surface area (Å²) in [4.78, 5) is 15.8. The minimum absolute atomic E-state index is 0.322. The van der Waals surface area contributed by atoms with Crippen molar-refractivity contribution in [2.75, 3.05) is 10.6 Å². The Labute approximate surface area is 111 Å². The average Bonchev–Trinajstić information content (AvgIpc) is 2.42. The molecule has 0 aliphatic heterocycles. The van der Waals surface area contributed by atoms with Gasteiger partial charge in [-0.15, -0.1) is 0 Å². The molecule has 5 nitrogen and oxygen atoms in total. The van der Waals surface area contributed by atoms with Gasteiger partial charge in [0.2, 0.25) is 0 Å². The molecule has 0 bridgehead atoms. The number of nitrogens with zero attached hydrogens (tertiary/aromatic N) is 1. The fourth-order valence-electron chi connectivity index (χ4n) is 1.53. The summed E-state index contributed by atoms with van der Waals surface area (Å²) in [6.45, 7) is 2.43. The van der Waals surface area contributed by atoms with Crippen LogP contribution in [0, 0.1) is 6.92 Å². The van der Waals surface area contributed by atoms with Gasteiger partial charge < -0.3 is 11.1 Å². The first-order chi connectivity index (χ1) is 9.17. The average molecular weight is 256 g/mol. The zero-order valence-corrected chi connectivity index (χ0v) is 10.7. The summed E-state index contributed by atoms with van der Waals surface area (Å²) in [5, 5.41) is 5.39. The zero-order chi connectivity index (χ0) is 13.7. The third kappa shape index (κ3) is 3.79. The Kier molecular flexibility index (Phi) is 4.10. The fraction of sp³-hybridized carbons (Fsp3) is 0.143. The number of amides is 2. The summed E-state index contributed by atoms with van der Waals surface area (Å²) in [5.41, 5.74) is 8.28. The van der Waals surface area contributed by atoms with Gasteiger partial charge in [0.25, 0.3) is 0 Å². The molecule has 1 aromatic heterocycles. The van der Waals surface area contributed by atoms with Gasteiger partial charge in [-0.1, -0.05) is 23.8 Å². The molecule has 0 aliphatic carbocycles. The molecule has 0 saturated carbocycles. The van der Waals surface area contributed by atoms with E-state index in [0.29, 0.717) is 12.4 Å². The van der Waals surface area contributed by atoms with Crippen LogP contribution < -0.4 is 16.4 Å². The van der Waals surface area contributed by atoms with Gasteiger partial charge in [-0.05, 0) is 30.7 Å². The normalized spacial score (nSPS) is 10.0. The number of aryl methyl sites for hydroxylation is 1. The van der Waals surface area contributed by atoms with Crippen molar-refractivity contribution in [1.29, 1.82) is 0 Å². The molecule has 0 atom stereocenters. The van der Waals surface area contributed by atoms with Gasteiger partial charge in [-0.25, -0.2) is 9.78 Å². The lowest BCUT2D eigenvalue weighted by Crippen LogP contribution is -2.20. The van der Waals surface area contributed by atoms with E-state index in [9.17, 15) is 4.79 Å². The third-order valence-corrected chi connectivity index (χ3v) is 2.61. The van der Waals surface area contributed by atoms with Gasteiger partial charge in [0.05, 0.1) is 0 Å². The third-order valence-electron chi connectivity index (χ3n) is 2.61. The SMILES string of the molecule is Cc1ccc(NC(=O)Nc2ccc(CN)cn2)cc1. The van der Waals surface area contributed by atoms with Gasteiger partial charge in [0.1, 0.15) is 5.82 Å². The molecule has 2 rings (SSSR count). The Balaban J connectivity index is 1.95. The molecule has 19 heavy (non-hydrogen) atoms. The molecule has 0 radical (unpaired) electrons. The van der Waals surface area contributed by atoms with E-state index < -0.39 is 0 Å². The lowest BCUT2D eigenvalue weighted by Gasteiger charge is -2.07. The van der Waals surface area contributed by atoms with E-state index in [2.05, 4.69) is 15.6 Å². The summed E-state index contributed by atoms with van der Waals surface area (Å²) in [6, 6.07) is 10.8. The van der Waals surface area contributed by atoms with Crippen molar-refractivity contribution in [2.24, 2.45) is 5.73 Å². The summed E-state index contributed by atoms with van der Waals surface area (Å²) in [6.07, 6.45) is 1.64. The predicted octanol–water partition coefficient (Wildman–Crippen LogP) is 2.49. The highest BCUT2D eigenvalue weighted by Crippen LogP contribution is 2.10. The Hall–Kier alpha value is -2.40. The number of aromatic nitrogens is 1. The Morgan fingerprint density at radius 3 is 2.47 bits per heavy atom. The highest BCUT2D eigenvalue weighted by Gasteiger charge is 2.03. The van der Waals surface area contributed by atoms with Crippen LogP contribution in [-0.2, 0) is 6.54 Å². The number of benzene rings is 1. The van der Waals surface area contributed by atoms with Crippen LogP contribution in [0.2, 0.25) is 0 Å². The summed E-state index contributed by atoms with van der Waals surface area (Å²) < 4.78 is 0. The first-order valence-electron chi connectivity index (χ1n) is 5.97. The second-order valence-corrected chi connectivity index (χ2v) is 4.20. The molecular weight excluding hydrogens is 240 g/mol. The first-order valence-corrected chi connectivity index (χ1v) is 5.97. The highest BCUT2D eigenvalue weighted by molar-refractivity contribution is 5.99. The number of anilines is 2. The molecule has 1 aromatic carbocycles. The smallest absolute Gasteiger partial charge is 0.324 e. The van der Waals surface area contributed by atoms with Crippen LogP contribution in [0.15, 0.2) is 42.6 Å². The van der Waals surface area contributed by atoms with Crippen molar-refractivity contribution < 1.29 is 4.79 Å². The van der Waals surface area contributed by atoms with Crippen LogP contribution in [0.4, 0.5) is 16.3 Å². The molecule has 0 unspecified atom stereocenters. The molecule has 0 saturated heterocycles. The maximum absolute atomic E-state index is 11.7. The largest absolute Gasteiger partial charge is 0.326 e. The number of hydrogen-bond donors (Lipinski definition) is 3. The molecule has 2 aromatic rings. The van der Waals surface area contributed by atoms with Crippen molar-refractivity contribution >= 4 is 17.5 Å². The minimum atomic E-state index is -0.322. The molecule has 0 fully saturated rings. The van der Waals surface area contributed by atoms with E-state index in [1.807, 2.05) is 37.3 Å². The molecular formula is C14H16N4O. The van der Waals surface area contributed by atoms with E-state index in [-0.39, 0.29) is 6.03 Å². The number of pyridine rings is 1. The minimum Gasteiger partial charge on any atom is -0.326 e. The quantitative estimate of drug-likeness (QED) is 0.789. The van der Waals surface area contributed by atoms with Crippen molar-refractivity contribution in [1.82, 2.24) is 4.98 Å². The fourth-order valence-corrected chi connectivity index (χ4v) is 1.53. The molecule has 2 amide bonds. The Morgan fingerprint density at radius 2 is 1.89 bits per heavy atom. The highest BCUT2D eigenvalue weighted by atomic mass is 16.2. The monoisotopic (exact) mass is 256 g/mol. The van der Waals surface area contributed by atoms with Crippen LogP contribution >= 0.6 is 0 Å². The van der Waals surface area contributed by atoms with E-state index in [4.69, 9.17) is 5.73 Å².